The molecule has 2 aromatic heterocycles. The van der Waals surface area contributed by atoms with Crippen molar-refractivity contribution in [3.05, 3.63) is 46.3 Å². The second-order valence-corrected chi connectivity index (χ2v) is 4.92. The third kappa shape index (κ3) is 1.71. The van der Waals surface area contributed by atoms with Crippen LogP contribution >= 0.6 is 15.9 Å². The molecule has 0 saturated heterocycles. The quantitative estimate of drug-likeness (QED) is 0.693. The van der Waals surface area contributed by atoms with Crippen LogP contribution in [0.5, 0.6) is 0 Å². The van der Waals surface area contributed by atoms with Gasteiger partial charge in [-0.2, -0.15) is 5.10 Å². The zero-order valence-electron chi connectivity index (χ0n) is 10.1. The molecule has 5 heteroatoms. The molecule has 0 bridgehead atoms. The third-order valence-corrected chi connectivity index (χ3v) is 4.02. The van der Waals surface area contributed by atoms with E-state index in [1.165, 1.54) is 0 Å². The highest BCUT2D eigenvalue weighted by molar-refractivity contribution is 9.10. The summed E-state index contributed by atoms with van der Waals surface area (Å²) in [5, 5.41) is 5.46. The molecule has 0 amide bonds. The predicted octanol–water partition coefficient (Wildman–Crippen LogP) is 3.19. The largest absolute Gasteiger partial charge is 0.251 e. The van der Waals surface area contributed by atoms with Crippen molar-refractivity contribution in [2.45, 2.75) is 13.8 Å². The molecule has 0 radical (unpaired) electrons. The molecule has 18 heavy (non-hydrogen) atoms. The molecule has 0 aliphatic carbocycles. The summed E-state index contributed by atoms with van der Waals surface area (Å²) in [7, 11) is 0. The molecule has 3 rings (SSSR count). The van der Waals surface area contributed by atoms with Gasteiger partial charge in [-0.05, 0) is 35.8 Å². The van der Waals surface area contributed by atoms with Gasteiger partial charge in [0, 0.05) is 11.6 Å². The van der Waals surface area contributed by atoms with Crippen LogP contribution in [-0.2, 0) is 0 Å². The highest BCUT2D eigenvalue weighted by Gasteiger charge is 2.12. The topological polar surface area (TPSA) is 43.6 Å². The number of hydrogen-bond acceptors (Lipinski definition) is 3. The lowest BCUT2D eigenvalue weighted by Gasteiger charge is -2.03. The lowest BCUT2D eigenvalue weighted by molar-refractivity contribution is 0.779. The summed E-state index contributed by atoms with van der Waals surface area (Å²) < 4.78 is 2.76. The van der Waals surface area contributed by atoms with Crippen LogP contribution in [-0.4, -0.2) is 19.7 Å². The van der Waals surface area contributed by atoms with Crippen molar-refractivity contribution in [3.8, 4) is 5.95 Å². The van der Waals surface area contributed by atoms with E-state index in [4.69, 9.17) is 0 Å². The monoisotopic (exact) mass is 302 g/mol. The van der Waals surface area contributed by atoms with Crippen LogP contribution in [0.1, 0.15) is 11.4 Å². The lowest BCUT2D eigenvalue weighted by Crippen LogP contribution is -2.04. The van der Waals surface area contributed by atoms with E-state index < -0.39 is 0 Å². The maximum atomic E-state index is 4.53. The molecule has 0 saturated carbocycles. The minimum Gasteiger partial charge on any atom is -0.219 e. The van der Waals surface area contributed by atoms with Gasteiger partial charge in [0.2, 0.25) is 0 Å². The van der Waals surface area contributed by atoms with Crippen LogP contribution in [0.3, 0.4) is 0 Å². The van der Waals surface area contributed by atoms with Gasteiger partial charge in [-0.3, -0.25) is 0 Å². The summed E-state index contributed by atoms with van der Waals surface area (Å²) in [6.07, 6.45) is 1.82. The number of para-hydroxylation sites is 1. The Morgan fingerprint density at radius 3 is 2.67 bits per heavy atom. The molecule has 0 fully saturated rings. The van der Waals surface area contributed by atoms with Gasteiger partial charge in [-0.1, -0.05) is 18.2 Å². The normalized spacial score (nSPS) is 11.1. The molecule has 0 N–H and O–H groups in total. The van der Waals surface area contributed by atoms with E-state index in [2.05, 4.69) is 31.0 Å². The highest BCUT2D eigenvalue weighted by atomic mass is 79.9. The summed E-state index contributed by atoms with van der Waals surface area (Å²) >= 11 is 3.51. The van der Waals surface area contributed by atoms with Gasteiger partial charge < -0.3 is 0 Å². The number of nitrogens with zero attached hydrogens (tertiary/aromatic N) is 4. The standard InChI is InChI=1S/C13H11BrN4/c1-8-12(14)9(2)18(17-8)13-15-7-10-5-3-4-6-11(10)16-13/h3-7H,1-2H3. The van der Waals surface area contributed by atoms with E-state index in [-0.39, 0.29) is 0 Å². The first kappa shape index (κ1) is 11.3. The molecule has 0 unspecified atom stereocenters. The Bertz CT molecular complexity index is 733. The van der Waals surface area contributed by atoms with E-state index >= 15 is 0 Å². The lowest BCUT2D eigenvalue weighted by atomic mass is 10.2. The predicted molar refractivity (Wildman–Crippen MR) is 73.8 cm³/mol. The molecule has 0 spiro atoms. The van der Waals surface area contributed by atoms with Crippen molar-refractivity contribution in [2.75, 3.05) is 0 Å². The van der Waals surface area contributed by atoms with Crippen molar-refractivity contribution >= 4 is 26.8 Å². The molecule has 0 aliphatic rings. The molecule has 4 nitrogen and oxygen atoms in total. The number of halogens is 1. The van der Waals surface area contributed by atoms with E-state index in [9.17, 15) is 0 Å². The SMILES string of the molecule is Cc1nn(-c2ncc3ccccc3n2)c(C)c1Br. The van der Waals surface area contributed by atoms with E-state index in [0.29, 0.717) is 5.95 Å². The molecular formula is C13H11BrN4. The first-order valence-corrected chi connectivity index (χ1v) is 6.40. The Hall–Kier alpha value is -1.75. The minimum atomic E-state index is 0.597. The number of hydrogen-bond donors (Lipinski definition) is 0. The van der Waals surface area contributed by atoms with Gasteiger partial charge in [0.25, 0.3) is 5.95 Å². The summed E-state index contributed by atoms with van der Waals surface area (Å²) in [6.45, 7) is 3.94. The van der Waals surface area contributed by atoms with Gasteiger partial charge in [0.1, 0.15) is 0 Å². The van der Waals surface area contributed by atoms with Crippen molar-refractivity contribution in [1.29, 1.82) is 0 Å². The molecule has 0 atom stereocenters. The van der Waals surface area contributed by atoms with Crippen LogP contribution < -0.4 is 0 Å². The van der Waals surface area contributed by atoms with Gasteiger partial charge in [-0.25, -0.2) is 14.6 Å². The Labute approximate surface area is 113 Å². The summed E-state index contributed by atoms with van der Waals surface area (Å²) in [4.78, 5) is 8.89. The number of aryl methyl sites for hydroxylation is 1. The molecule has 2 heterocycles. The van der Waals surface area contributed by atoms with Gasteiger partial charge in [0.05, 0.1) is 21.4 Å². The first-order chi connectivity index (χ1) is 8.66. The van der Waals surface area contributed by atoms with Crippen molar-refractivity contribution in [1.82, 2.24) is 19.7 Å². The van der Waals surface area contributed by atoms with Crippen LogP contribution in [0.4, 0.5) is 0 Å². The Balaban J connectivity index is 2.22. The molecule has 0 aliphatic heterocycles. The van der Waals surface area contributed by atoms with Crippen LogP contribution in [0.15, 0.2) is 34.9 Å². The Morgan fingerprint density at radius 1 is 1.17 bits per heavy atom. The van der Waals surface area contributed by atoms with Gasteiger partial charge >= 0.3 is 0 Å². The molecular weight excluding hydrogens is 292 g/mol. The fourth-order valence-corrected chi connectivity index (χ4v) is 2.13. The average molecular weight is 303 g/mol. The van der Waals surface area contributed by atoms with Gasteiger partial charge in [0.15, 0.2) is 0 Å². The van der Waals surface area contributed by atoms with E-state index in [1.807, 2.05) is 44.3 Å². The van der Waals surface area contributed by atoms with Gasteiger partial charge in [-0.15, -0.1) is 0 Å². The summed E-state index contributed by atoms with van der Waals surface area (Å²) in [5.41, 5.74) is 2.86. The summed E-state index contributed by atoms with van der Waals surface area (Å²) in [6, 6.07) is 7.92. The second kappa shape index (κ2) is 4.17. The average Bonchev–Trinajstić information content (AvgIpc) is 2.66. The zero-order valence-corrected chi connectivity index (χ0v) is 11.6. The van der Waals surface area contributed by atoms with Crippen LogP contribution in [0, 0.1) is 13.8 Å². The van der Waals surface area contributed by atoms with Crippen molar-refractivity contribution in [3.63, 3.8) is 0 Å². The first-order valence-electron chi connectivity index (χ1n) is 5.60. The fraction of sp³-hybridized carbons (Fsp3) is 0.154. The molecule has 90 valence electrons. The van der Waals surface area contributed by atoms with Crippen LogP contribution in [0.25, 0.3) is 16.9 Å². The second-order valence-electron chi connectivity index (χ2n) is 4.13. The highest BCUT2D eigenvalue weighted by Crippen LogP contribution is 2.22. The zero-order chi connectivity index (χ0) is 12.7. The fourth-order valence-electron chi connectivity index (χ4n) is 1.88. The Morgan fingerprint density at radius 2 is 1.94 bits per heavy atom. The Kier molecular flexibility index (Phi) is 2.63. The smallest absolute Gasteiger partial charge is 0.219 e. The number of fused-ring (bicyclic) bond motifs is 1. The molecule has 1 aromatic carbocycles. The van der Waals surface area contributed by atoms with Crippen LogP contribution in [0.2, 0.25) is 0 Å². The summed E-state index contributed by atoms with van der Waals surface area (Å²) in [5.74, 6) is 0.597. The molecule has 3 aromatic rings. The van der Waals surface area contributed by atoms with E-state index in [1.54, 1.807) is 4.68 Å². The maximum Gasteiger partial charge on any atom is 0.251 e. The maximum absolute atomic E-state index is 4.53. The minimum absolute atomic E-state index is 0.597. The number of benzene rings is 1. The van der Waals surface area contributed by atoms with E-state index in [0.717, 1.165) is 26.8 Å². The van der Waals surface area contributed by atoms with Crippen molar-refractivity contribution < 1.29 is 0 Å². The third-order valence-electron chi connectivity index (χ3n) is 2.87. The number of aromatic nitrogens is 4. The number of rotatable bonds is 1. The van der Waals surface area contributed by atoms with Crippen molar-refractivity contribution in [2.24, 2.45) is 0 Å².